The minimum absolute atomic E-state index is 0.106. The molecule has 4 nitrogen and oxygen atoms in total. The molecule has 0 saturated heterocycles. The number of rotatable bonds is 16. The maximum absolute atomic E-state index is 13.0. The highest BCUT2D eigenvalue weighted by atomic mass is 16.5. The van der Waals surface area contributed by atoms with E-state index in [1.54, 1.807) is 12.1 Å². The lowest BCUT2D eigenvalue weighted by Crippen LogP contribution is -2.15. The molecule has 2 atom stereocenters. The van der Waals surface area contributed by atoms with Crippen LogP contribution in [-0.4, -0.2) is 24.1 Å². The standard InChI is InChI=1S/C36H46O4/c1-5-7-9-12-16-27(3)39-35(37)31-22-20-30(21-23-31)34-26-32(24-25-33(34)29-18-14-11-15-19-29)36(38)40-28(4)17-13-10-8-6-2/h11,14-15,18-28H,5-10,12-13,16-17H2,1-4H3/t27-,28-/m0/s1. The Morgan fingerprint density at radius 1 is 0.575 bits per heavy atom. The summed E-state index contributed by atoms with van der Waals surface area (Å²) in [5.41, 5.74) is 4.96. The lowest BCUT2D eigenvalue weighted by molar-refractivity contribution is 0.0309. The van der Waals surface area contributed by atoms with Crippen molar-refractivity contribution >= 4 is 11.9 Å². The molecule has 4 heteroatoms. The Bertz CT molecular complexity index is 1180. The fourth-order valence-electron chi connectivity index (χ4n) is 4.90. The van der Waals surface area contributed by atoms with Crippen molar-refractivity contribution in [2.24, 2.45) is 0 Å². The van der Waals surface area contributed by atoms with E-state index in [0.717, 1.165) is 54.4 Å². The molecule has 3 rings (SSSR count). The van der Waals surface area contributed by atoms with Gasteiger partial charge in [0.05, 0.1) is 23.3 Å². The van der Waals surface area contributed by atoms with Crippen molar-refractivity contribution in [2.75, 3.05) is 0 Å². The van der Waals surface area contributed by atoms with Gasteiger partial charge in [0, 0.05) is 0 Å². The molecule has 3 aromatic rings. The molecule has 0 aliphatic carbocycles. The molecule has 0 fully saturated rings. The van der Waals surface area contributed by atoms with Crippen LogP contribution in [0.15, 0.2) is 72.8 Å². The van der Waals surface area contributed by atoms with E-state index in [2.05, 4.69) is 26.0 Å². The van der Waals surface area contributed by atoms with Gasteiger partial charge in [0.15, 0.2) is 0 Å². The molecular weight excluding hydrogens is 496 g/mol. The Balaban J connectivity index is 1.77. The van der Waals surface area contributed by atoms with Crippen molar-refractivity contribution in [3.63, 3.8) is 0 Å². The molecule has 0 amide bonds. The SMILES string of the molecule is CCCCCC[C@H](C)OC(=O)c1ccc(-c2cc(C(=O)O[C@@H](C)CCCCCC)ccc2-c2ccccc2)cc1. The van der Waals surface area contributed by atoms with Gasteiger partial charge < -0.3 is 9.47 Å². The van der Waals surface area contributed by atoms with E-state index in [-0.39, 0.29) is 24.1 Å². The molecule has 214 valence electrons. The van der Waals surface area contributed by atoms with E-state index in [4.69, 9.17) is 9.47 Å². The molecule has 0 unspecified atom stereocenters. The minimum atomic E-state index is -0.308. The van der Waals surface area contributed by atoms with Gasteiger partial charge in [-0.1, -0.05) is 101 Å². The lowest BCUT2D eigenvalue weighted by Gasteiger charge is -2.16. The highest BCUT2D eigenvalue weighted by Crippen LogP contribution is 2.33. The summed E-state index contributed by atoms with van der Waals surface area (Å²) in [6, 6.07) is 23.3. The van der Waals surface area contributed by atoms with Crippen LogP contribution in [0.2, 0.25) is 0 Å². The number of unbranched alkanes of at least 4 members (excludes halogenated alkanes) is 6. The van der Waals surface area contributed by atoms with Crippen LogP contribution in [0.3, 0.4) is 0 Å². The van der Waals surface area contributed by atoms with Crippen LogP contribution in [0.5, 0.6) is 0 Å². The summed E-state index contributed by atoms with van der Waals surface area (Å²) in [6.45, 7) is 8.30. The first-order valence-electron chi connectivity index (χ1n) is 15.1. The highest BCUT2D eigenvalue weighted by Gasteiger charge is 2.17. The van der Waals surface area contributed by atoms with E-state index in [0.29, 0.717) is 11.1 Å². The Labute approximate surface area is 241 Å². The Hall–Kier alpha value is -3.40. The zero-order valence-electron chi connectivity index (χ0n) is 24.8. The summed E-state index contributed by atoms with van der Waals surface area (Å²) >= 11 is 0. The molecule has 0 N–H and O–H groups in total. The third-order valence-corrected chi connectivity index (χ3v) is 7.32. The van der Waals surface area contributed by atoms with Crippen LogP contribution >= 0.6 is 0 Å². The van der Waals surface area contributed by atoms with Crippen molar-refractivity contribution in [1.82, 2.24) is 0 Å². The first kappa shape index (κ1) is 31.1. The number of benzene rings is 3. The number of ether oxygens (including phenoxy) is 2. The first-order chi connectivity index (χ1) is 19.4. The Morgan fingerprint density at radius 2 is 1.07 bits per heavy atom. The maximum atomic E-state index is 13.0. The molecule has 0 aliphatic heterocycles. The summed E-state index contributed by atoms with van der Waals surface area (Å²) in [7, 11) is 0. The normalized spacial score (nSPS) is 12.5. The van der Waals surface area contributed by atoms with E-state index in [9.17, 15) is 9.59 Å². The molecule has 0 saturated carbocycles. The smallest absolute Gasteiger partial charge is 0.338 e. The average molecular weight is 543 g/mol. The van der Waals surface area contributed by atoms with Crippen LogP contribution in [0.4, 0.5) is 0 Å². The largest absolute Gasteiger partial charge is 0.459 e. The van der Waals surface area contributed by atoms with Crippen molar-refractivity contribution < 1.29 is 19.1 Å². The topological polar surface area (TPSA) is 52.6 Å². The van der Waals surface area contributed by atoms with E-state index in [1.165, 1.54) is 32.1 Å². The van der Waals surface area contributed by atoms with Gasteiger partial charge in [0.25, 0.3) is 0 Å². The molecule has 0 radical (unpaired) electrons. The Morgan fingerprint density at radius 3 is 1.62 bits per heavy atom. The summed E-state index contributed by atoms with van der Waals surface area (Å²) < 4.78 is 11.5. The van der Waals surface area contributed by atoms with E-state index >= 15 is 0 Å². The molecular formula is C36H46O4. The average Bonchev–Trinajstić information content (AvgIpc) is 2.97. The van der Waals surface area contributed by atoms with Crippen LogP contribution in [0.1, 0.15) is 113 Å². The highest BCUT2D eigenvalue weighted by molar-refractivity contribution is 5.95. The fourth-order valence-corrected chi connectivity index (χ4v) is 4.90. The van der Waals surface area contributed by atoms with Crippen LogP contribution < -0.4 is 0 Å². The molecule has 40 heavy (non-hydrogen) atoms. The van der Waals surface area contributed by atoms with Crippen LogP contribution in [0, 0.1) is 0 Å². The van der Waals surface area contributed by atoms with Crippen molar-refractivity contribution in [2.45, 2.75) is 104 Å². The predicted molar refractivity (Wildman–Crippen MR) is 165 cm³/mol. The number of esters is 2. The van der Waals surface area contributed by atoms with Gasteiger partial charge in [-0.3, -0.25) is 0 Å². The second-order valence-corrected chi connectivity index (χ2v) is 10.8. The summed E-state index contributed by atoms with van der Waals surface area (Å²) in [6.07, 6.45) is 10.8. The quantitative estimate of drug-likeness (QED) is 0.133. The molecule has 0 heterocycles. The van der Waals surface area contributed by atoms with Crippen molar-refractivity contribution in [3.05, 3.63) is 83.9 Å². The maximum Gasteiger partial charge on any atom is 0.338 e. The lowest BCUT2D eigenvalue weighted by atomic mass is 9.92. The van der Waals surface area contributed by atoms with Gasteiger partial charge in [-0.2, -0.15) is 0 Å². The van der Waals surface area contributed by atoms with Gasteiger partial charge in [0.1, 0.15) is 0 Å². The van der Waals surface area contributed by atoms with E-state index < -0.39 is 0 Å². The molecule has 3 aromatic carbocycles. The molecule has 0 spiro atoms. The van der Waals surface area contributed by atoms with Crippen molar-refractivity contribution in [1.29, 1.82) is 0 Å². The van der Waals surface area contributed by atoms with Gasteiger partial charge in [0.2, 0.25) is 0 Å². The van der Waals surface area contributed by atoms with Gasteiger partial charge in [-0.05, 0) is 86.1 Å². The monoisotopic (exact) mass is 542 g/mol. The van der Waals surface area contributed by atoms with Gasteiger partial charge in [-0.15, -0.1) is 0 Å². The van der Waals surface area contributed by atoms with E-state index in [1.807, 2.05) is 62.4 Å². The third kappa shape index (κ3) is 9.66. The molecule has 0 bridgehead atoms. The summed E-state index contributed by atoms with van der Waals surface area (Å²) in [5, 5.41) is 0. The molecule has 0 aliphatic rings. The number of carbonyl (C=O) groups is 2. The Kier molecular flexibility index (Phi) is 13.0. The van der Waals surface area contributed by atoms with Gasteiger partial charge >= 0.3 is 11.9 Å². The summed E-state index contributed by atoms with van der Waals surface area (Å²) in [5.74, 6) is -0.611. The second-order valence-electron chi connectivity index (χ2n) is 10.8. The molecule has 0 aromatic heterocycles. The zero-order chi connectivity index (χ0) is 28.7. The number of carbonyl (C=O) groups excluding carboxylic acids is 2. The third-order valence-electron chi connectivity index (χ3n) is 7.32. The minimum Gasteiger partial charge on any atom is -0.459 e. The first-order valence-corrected chi connectivity index (χ1v) is 15.1. The second kappa shape index (κ2) is 16.6. The zero-order valence-corrected chi connectivity index (χ0v) is 24.8. The van der Waals surface area contributed by atoms with Gasteiger partial charge in [-0.25, -0.2) is 9.59 Å². The number of hydrogen-bond acceptors (Lipinski definition) is 4. The fraction of sp³-hybridized carbons (Fsp3) is 0.444. The van der Waals surface area contributed by atoms with Crippen LogP contribution in [-0.2, 0) is 9.47 Å². The number of hydrogen-bond donors (Lipinski definition) is 0. The van der Waals surface area contributed by atoms with Crippen LogP contribution in [0.25, 0.3) is 22.3 Å². The van der Waals surface area contributed by atoms with Crippen molar-refractivity contribution in [3.8, 4) is 22.3 Å². The summed E-state index contributed by atoms with van der Waals surface area (Å²) in [4.78, 5) is 25.8. The predicted octanol–water partition coefficient (Wildman–Crippen LogP) is 10.1.